The maximum Gasteiger partial charge on any atom is 0.320 e. The van der Waals surface area contributed by atoms with E-state index >= 15 is 0 Å². The number of nitrogens with two attached hydrogens (primary N) is 1. The van der Waals surface area contributed by atoms with Gasteiger partial charge in [-0.05, 0) is 30.7 Å². The van der Waals surface area contributed by atoms with Gasteiger partial charge in [-0.2, -0.15) is 0 Å². The van der Waals surface area contributed by atoms with Crippen molar-refractivity contribution in [1.82, 2.24) is 19.6 Å². The van der Waals surface area contributed by atoms with Crippen LogP contribution in [0.2, 0.25) is 0 Å². The van der Waals surface area contributed by atoms with Crippen molar-refractivity contribution < 1.29 is 38.6 Å². The number of nitrogens with one attached hydrogen (secondary N) is 1. The lowest BCUT2D eigenvalue weighted by Crippen LogP contribution is -2.51. The number of carbonyl (C=O) groups excluding carboxylic acids is 4. The molecule has 1 saturated heterocycles. The van der Waals surface area contributed by atoms with E-state index in [-0.39, 0.29) is 38.4 Å². The Bertz CT molecular complexity index is 1010. The average Bonchev–Trinajstić information content (AvgIpc) is 2.94. The number of nitrogens with zero attached hydrogens (tertiary/aromatic N) is 4. The largest absolute Gasteiger partial charge is 0.480 e. The predicted molar refractivity (Wildman–Crippen MR) is 151 cm³/mol. The summed E-state index contributed by atoms with van der Waals surface area (Å²) in [5, 5.41) is 12.9. The minimum atomic E-state index is -1.07. The fourth-order valence-electron chi connectivity index (χ4n) is 4.48. The first-order valence-corrected chi connectivity index (χ1v) is 13.5. The molecule has 0 saturated carbocycles. The van der Waals surface area contributed by atoms with Gasteiger partial charge in [0.05, 0.1) is 33.9 Å². The highest BCUT2D eigenvalue weighted by Gasteiger charge is 2.28. The van der Waals surface area contributed by atoms with E-state index in [1.54, 1.807) is 29.2 Å². The van der Waals surface area contributed by atoms with Crippen LogP contribution in [0.25, 0.3) is 0 Å². The number of esters is 2. The maximum atomic E-state index is 12.6. The molecule has 0 spiro atoms. The molecule has 1 atom stereocenters. The van der Waals surface area contributed by atoms with Gasteiger partial charge in [-0.25, -0.2) is 0 Å². The molecule has 1 aliphatic heterocycles. The van der Waals surface area contributed by atoms with Crippen LogP contribution < -0.4 is 11.1 Å². The van der Waals surface area contributed by atoms with Crippen LogP contribution in [0, 0.1) is 0 Å². The number of carboxylic acid groups (broad SMARTS) is 1. The number of nitrogen functional groups attached to an aromatic ring is 1. The summed E-state index contributed by atoms with van der Waals surface area (Å²) < 4.78 is 9.66. The molecule has 0 radical (unpaired) electrons. The van der Waals surface area contributed by atoms with E-state index in [1.165, 1.54) is 14.2 Å². The van der Waals surface area contributed by atoms with Crippen LogP contribution in [0.3, 0.4) is 0 Å². The van der Waals surface area contributed by atoms with Gasteiger partial charge in [-0.15, -0.1) is 0 Å². The summed E-state index contributed by atoms with van der Waals surface area (Å²) in [6.07, 6.45) is 0.827. The van der Waals surface area contributed by atoms with E-state index in [2.05, 4.69) is 5.32 Å². The Morgan fingerprint density at radius 2 is 1.37 bits per heavy atom. The first-order chi connectivity index (χ1) is 19.6. The van der Waals surface area contributed by atoms with Gasteiger partial charge in [0.2, 0.25) is 5.91 Å². The first-order valence-electron chi connectivity index (χ1n) is 13.5. The number of rotatable bonds is 12. The fraction of sp³-hybridized carbons (Fsp3) is 0.593. The third-order valence-electron chi connectivity index (χ3n) is 6.93. The fourth-order valence-corrected chi connectivity index (χ4v) is 4.48. The molecule has 4 N–H and O–H groups in total. The highest BCUT2D eigenvalue weighted by atomic mass is 16.5. The molecule has 14 heteroatoms. The van der Waals surface area contributed by atoms with Crippen LogP contribution >= 0.6 is 0 Å². The zero-order valence-electron chi connectivity index (χ0n) is 23.8. The molecule has 0 bridgehead atoms. The van der Waals surface area contributed by atoms with Gasteiger partial charge in [-0.1, -0.05) is 0 Å². The summed E-state index contributed by atoms with van der Waals surface area (Å²) in [5.41, 5.74) is 6.81. The van der Waals surface area contributed by atoms with E-state index < -0.39 is 23.9 Å². The summed E-state index contributed by atoms with van der Waals surface area (Å²) in [7, 11) is 2.61. The highest BCUT2D eigenvalue weighted by Crippen LogP contribution is 2.14. The number of amides is 1. The number of ether oxygens (including phenoxy) is 2. The van der Waals surface area contributed by atoms with Crippen molar-refractivity contribution in [1.29, 1.82) is 0 Å². The normalized spacial score (nSPS) is 17.4. The molecule has 1 amide bonds. The number of aliphatic carboxylic acids is 1. The summed E-state index contributed by atoms with van der Waals surface area (Å²) in [4.78, 5) is 67.8. The molecule has 14 nitrogen and oxygen atoms in total. The van der Waals surface area contributed by atoms with E-state index in [1.807, 2.05) is 14.7 Å². The second kappa shape index (κ2) is 18.0. The van der Waals surface area contributed by atoms with Gasteiger partial charge in [0.25, 0.3) is 0 Å². The van der Waals surface area contributed by atoms with Crippen molar-refractivity contribution in [2.24, 2.45) is 0 Å². The van der Waals surface area contributed by atoms with Crippen LogP contribution in [-0.2, 0) is 33.4 Å². The number of hydrogen-bond donors (Lipinski definition) is 3. The lowest BCUT2D eigenvalue weighted by molar-refractivity contribution is -0.145. The second-order valence-corrected chi connectivity index (χ2v) is 9.77. The molecule has 1 aliphatic rings. The van der Waals surface area contributed by atoms with E-state index in [4.69, 9.17) is 15.2 Å². The van der Waals surface area contributed by atoms with Gasteiger partial charge >= 0.3 is 17.9 Å². The molecule has 41 heavy (non-hydrogen) atoms. The zero-order chi connectivity index (χ0) is 30.2. The smallest absolute Gasteiger partial charge is 0.320 e. The average molecular weight is 579 g/mol. The van der Waals surface area contributed by atoms with Crippen molar-refractivity contribution >= 4 is 41.5 Å². The van der Waals surface area contributed by atoms with Crippen LogP contribution in [0.1, 0.15) is 12.8 Å². The molecule has 2 rings (SSSR count). The third kappa shape index (κ3) is 12.6. The molecule has 1 fully saturated rings. The summed E-state index contributed by atoms with van der Waals surface area (Å²) in [6.45, 7) is 3.32. The third-order valence-corrected chi connectivity index (χ3v) is 6.93. The van der Waals surface area contributed by atoms with Crippen LogP contribution in [-0.4, -0.2) is 147 Å². The number of anilines is 2. The molecule has 1 heterocycles. The van der Waals surface area contributed by atoms with E-state index in [0.717, 1.165) is 6.29 Å². The summed E-state index contributed by atoms with van der Waals surface area (Å²) in [5.74, 6) is -2.22. The Kier molecular flexibility index (Phi) is 14.7. The lowest BCUT2D eigenvalue weighted by Gasteiger charge is -2.35. The Hall–Kier alpha value is -3.59. The molecule has 0 aliphatic carbocycles. The minimum absolute atomic E-state index is 0.00456. The summed E-state index contributed by atoms with van der Waals surface area (Å²) in [6, 6.07) is 5.69. The molecular formula is C27H42N6O8. The number of benzene rings is 1. The second-order valence-electron chi connectivity index (χ2n) is 9.77. The van der Waals surface area contributed by atoms with Crippen molar-refractivity contribution in [2.75, 3.05) is 97.3 Å². The number of methoxy groups -OCH3 is 2. The molecule has 1 aromatic rings. The van der Waals surface area contributed by atoms with Crippen LogP contribution in [0.4, 0.5) is 11.4 Å². The van der Waals surface area contributed by atoms with Crippen LogP contribution in [0.15, 0.2) is 24.3 Å². The Morgan fingerprint density at radius 3 is 1.85 bits per heavy atom. The van der Waals surface area contributed by atoms with Gasteiger partial charge in [0.1, 0.15) is 12.3 Å². The summed E-state index contributed by atoms with van der Waals surface area (Å²) >= 11 is 0. The standard InChI is InChI=1S/C27H42N6O8/c1-40-25(36)19-31-10-9-30(17-18-34)13-15-33(16-14-32(12-11-31)20-26(37)41-2)23(27(38)39)7-8-24(35)29-22-5-3-21(28)4-6-22/h3-6,18,23H,7-17,19-20,28H2,1-2H3,(H,29,35)(H,38,39). The first kappa shape index (κ1) is 33.6. The maximum absolute atomic E-state index is 12.6. The molecule has 1 unspecified atom stereocenters. The minimum Gasteiger partial charge on any atom is -0.480 e. The predicted octanol–water partition coefficient (Wildman–Crippen LogP) is -0.793. The number of carboxylic acids is 1. The van der Waals surface area contributed by atoms with E-state index in [9.17, 15) is 29.1 Å². The molecular weight excluding hydrogens is 536 g/mol. The SMILES string of the molecule is COC(=O)CN1CCN(CC=O)CCN(C(CCC(=O)Nc2ccc(N)cc2)C(=O)O)CCN(CC(=O)OC)CC1. The zero-order valence-corrected chi connectivity index (χ0v) is 23.8. The van der Waals surface area contributed by atoms with Crippen molar-refractivity contribution in [3.05, 3.63) is 24.3 Å². The van der Waals surface area contributed by atoms with E-state index in [0.29, 0.717) is 63.7 Å². The number of hydrogen-bond acceptors (Lipinski definition) is 12. The number of aldehydes is 1. The monoisotopic (exact) mass is 578 g/mol. The van der Waals surface area contributed by atoms with Crippen molar-refractivity contribution in [2.45, 2.75) is 18.9 Å². The highest BCUT2D eigenvalue weighted by molar-refractivity contribution is 5.91. The molecule has 1 aromatic carbocycles. The Labute approximate surface area is 240 Å². The topological polar surface area (TPSA) is 175 Å². The van der Waals surface area contributed by atoms with Gasteiger partial charge in [-0.3, -0.25) is 38.8 Å². The Balaban J connectivity index is 2.18. The lowest BCUT2D eigenvalue weighted by atomic mass is 10.1. The van der Waals surface area contributed by atoms with Crippen molar-refractivity contribution in [3.63, 3.8) is 0 Å². The Morgan fingerprint density at radius 1 is 0.878 bits per heavy atom. The molecule has 0 aromatic heterocycles. The van der Waals surface area contributed by atoms with Gasteiger partial charge in [0, 0.05) is 70.2 Å². The van der Waals surface area contributed by atoms with Crippen LogP contribution in [0.5, 0.6) is 0 Å². The van der Waals surface area contributed by atoms with Gasteiger partial charge < -0.3 is 30.4 Å². The number of carbonyl (C=O) groups is 5. The van der Waals surface area contributed by atoms with Gasteiger partial charge in [0.15, 0.2) is 0 Å². The quantitative estimate of drug-likeness (QED) is 0.160. The van der Waals surface area contributed by atoms with Crippen molar-refractivity contribution in [3.8, 4) is 0 Å². The molecule has 228 valence electrons.